The number of imidazole rings is 1. The first-order valence-corrected chi connectivity index (χ1v) is 6.79. The number of aromatic nitrogens is 4. The predicted molar refractivity (Wildman–Crippen MR) is 77.6 cm³/mol. The van der Waals surface area contributed by atoms with Crippen LogP contribution in [0.5, 0.6) is 0 Å². The van der Waals surface area contributed by atoms with Gasteiger partial charge in [-0.05, 0) is 18.9 Å². The first kappa shape index (κ1) is 11.4. The highest BCUT2D eigenvalue weighted by Crippen LogP contribution is 2.42. The SMILES string of the molecule is Cc1ccc(C2CC2Nc2ncc3nc[nH]c3n2)cc1. The van der Waals surface area contributed by atoms with Gasteiger partial charge in [-0.25, -0.2) is 9.97 Å². The Labute approximate surface area is 116 Å². The van der Waals surface area contributed by atoms with E-state index in [1.54, 1.807) is 12.5 Å². The second-order valence-electron chi connectivity index (χ2n) is 5.33. The Kier molecular flexibility index (Phi) is 2.45. The van der Waals surface area contributed by atoms with E-state index < -0.39 is 0 Å². The number of hydrogen-bond donors (Lipinski definition) is 2. The van der Waals surface area contributed by atoms with Crippen LogP contribution >= 0.6 is 0 Å². The van der Waals surface area contributed by atoms with Crippen LogP contribution in [0.3, 0.4) is 0 Å². The summed E-state index contributed by atoms with van der Waals surface area (Å²) < 4.78 is 0. The maximum atomic E-state index is 4.42. The van der Waals surface area contributed by atoms with Gasteiger partial charge in [0.25, 0.3) is 0 Å². The third kappa shape index (κ3) is 2.01. The summed E-state index contributed by atoms with van der Waals surface area (Å²) in [7, 11) is 0. The number of fused-ring (bicyclic) bond motifs is 1. The van der Waals surface area contributed by atoms with Crippen molar-refractivity contribution in [2.24, 2.45) is 0 Å². The van der Waals surface area contributed by atoms with Crippen LogP contribution in [0, 0.1) is 6.92 Å². The number of nitrogens with one attached hydrogen (secondary N) is 2. The molecule has 2 N–H and O–H groups in total. The van der Waals surface area contributed by atoms with Crippen LogP contribution in [0.4, 0.5) is 5.95 Å². The number of H-pyrrole nitrogens is 1. The van der Waals surface area contributed by atoms with Gasteiger partial charge in [0.05, 0.1) is 12.5 Å². The molecule has 20 heavy (non-hydrogen) atoms. The first-order valence-electron chi connectivity index (χ1n) is 6.79. The number of benzene rings is 1. The molecule has 1 saturated carbocycles. The van der Waals surface area contributed by atoms with E-state index in [-0.39, 0.29) is 0 Å². The van der Waals surface area contributed by atoms with Crippen molar-refractivity contribution in [3.05, 3.63) is 47.9 Å². The van der Waals surface area contributed by atoms with Crippen molar-refractivity contribution < 1.29 is 0 Å². The molecule has 2 heterocycles. The van der Waals surface area contributed by atoms with E-state index in [0.717, 1.165) is 17.6 Å². The van der Waals surface area contributed by atoms with E-state index >= 15 is 0 Å². The molecular formula is C15H15N5. The molecule has 1 aliphatic carbocycles. The minimum absolute atomic E-state index is 0.429. The highest BCUT2D eigenvalue weighted by Gasteiger charge is 2.38. The summed E-state index contributed by atoms with van der Waals surface area (Å²) in [6.07, 6.45) is 4.51. The molecule has 2 aromatic heterocycles. The van der Waals surface area contributed by atoms with Crippen molar-refractivity contribution in [3.63, 3.8) is 0 Å². The minimum atomic E-state index is 0.429. The van der Waals surface area contributed by atoms with Gasteiger partial charge in [0, 0.05) is 12.0 Å². The van der Waals surface area contributed by atoms with Crippen LogP contribution in [0.25, 0.3) is 11.2 Å². The van der Waals surface area contributed by atoms with Crippen molar-refractivity contribution in [2.45, 2.75) is 25.3 Å². The minimum Gasteiger partial charge on any atom is -0.351 e. The van der Waals surface area contributed by atoms with Gasteiger partial charge in [0.2, 0.25) is 5.95 Å². The van der Waals surface area contributed by atoms with Gasteiger partial charge in [-0.2, -0.15) is 4.98 Å². The number of anilines is 1. The van der Waals surface area contributed by atoms with Gasteiger partial charge in [-0.1, -0.05) is 29.8 Å². The Morgan fingerprint density at radius 3 is 2.90 bits per heavy atom. The van der Waals surface area contributed by atoms with Crippen LogP contribution in [-0.4, -0.2) is 26.0 Å². The average molecular weight is 265 g/mol. The lowest BCUT2D eigenvalue weighted by Gasteiger charge is -2.04. The fraction of sp³-hybridized carbons (Fsp3) is 0.267. The monoisotopic (exact) mass is 265 g/mol. The molecule has 2 unspecified atom stereocenters. The van der Waals surface area contributed by atoms with E-state index in [4.69, 9.17) is 0 Å². The highest BCUT2D eigenvalue weighted by atomic mass is 15.2. The Morgan fingerprint density at radius 1 is 1.20 bits per heavy atom. The van der Waals surface area contributed by atoms with E-state index in [1.807, 2.05) is 0 Å². The lowest BCUT2D eigenvalue weighted by atomic mass is 10.1. The molecule has 3 aromatic rings. The van der Waals surface area contributed by atoms with Crippen LogP contribution in [0.15, 0.2) is 36.8 Å². The van der Waals surface area contributed by atoms with Gasteiger partial charge >= 0.3 is 0 Å². The second kappa shape index (κ2) is 4.30. The fourth-order valence-electron chi connectivity index (χ4n) is 2.51. The zero-order valence-corrected chi connectivity index (χ0v) is 11.2. The van der Waals surface area contributed by atoms with Gasteiger partial charge in [-0.3, -0.25) is 0 Å². The second-order valence-corrected chi connectivity index (χ2v) is 5.33. The molecule has 5 nitrogen and oxygen atoms in total. The molecule has 2 atom stereocenters. The normalized spacial score (nSPS) is 21.1. The molecule has 5 heteroatoms. The maximum absolute atomic E-state index is 4.42. The van der Waals surface area contributed by atoms with Crippen LogP contribution in [0.1, 0.15) is 23.5 Å². The lowest BCUT2D eigenvalue weighted by molar-refractivity contribution is 1.01. The molecular weight excluding hydrogens is 250 g/mol. The molecule has 0 radical (unpaired) electrons. The third-order valence-corrected chi connectivity index (χ3v) is 3.78. The summed E-state index contributed by atoms with van der Waals surface area (Å²) in [5.41, 5.74) is 4.25. The average Bonchev–Trinajstić information content (AvgIpc) is 3.05. The molecule has 100 valence electrons. The fourth-order valence-corrected chi connectivity index (χ4v) is 2.51. The Bertz CT molecular complexity index is 746. The van der Waals surface area contributed by atoms with Crippen molar-refractivity contribution in [1.82, 2.24) is 19.9 Å². The van der Waals surface area contributed by atoms with E-state index in [9.17, 15) is 0 Å². The van der Waals surface area contributed by atoms with E-state index in [2.05, 4.69) is 56.4 Å². The number of nitrogens with zero attached hydrogens (tertiary/aromatic N) is 3. The summed E-state index contributed by atoms with van der Waals surface area (Å²) in [5.74, 6) is 1.23. The quantitative estimate of drug-likeness (QED) is 0.764. The van der Waals surface area contributed by atoms with Crippen molar-refractivity contribution in [2.75, 3.05) is 5.32 Å². The first-order chi connectivity index (χ1) is 9.79. The third-order valence-electron chi connectivity index (χ3n) is 3.78. The smallest absolute Gasteiger partial charge is 0.224 e. The largest absolute Gasteiger partial charge is 0.351 e. The Hall–Kier alpha value is -2.43. The van der Waals surface area contributed by atoms with E-state index in [1.165, 1.54) is 11.1 Å². The summed E-state index contributed by atoms with van der Waals surface area (Å²) in [4.78, 5) is 15.8. The molecule has 0 amide bonds. The summed E-state index contributed by atoms with van der Waals surface area (Å²) >= 11 is 0. The van der Waals surface area contributed by atoms with Gasteiger partial charge in [0.1, 0.15) is 5.52 Å². The van der Waals surface area contributed by atoms with Gasteiger partial charge in [-0.15, -0.1) is 0 Å². The lowest BCUT2D eigenvalue weighted by Crippen LogP contribution is -2.07. The standard InChI is InChI=1S/C15H15N5/c1-9-2-4-10(5-3-9)11-6-12(11)19-15-16-7-13-14(20-15)18-8-17-13/h2-5,7-8,11-12H,6H2,1H3,(H2,16,17,18,19,20). The molecule has 0 spiro atoms. The Morgan fingerprint density at radius 2 is 2.05 bits per heavy atom. The van der Waals surface area contributed by atoms with Crippen molar-refractivity contribution in [1.29, 1.82) is 0 Å². The predicted octanol–water partition coefficient (Wildman–Crippen LogP) is 2.63. The summed E-state index contributed by atoms with van der Waals surface area (Å²) in [6.45, 7) is 2.11. The number of rotatable bonds is 3. The zero-order valence-electron chi connectivity index (χ0n) is 11.2. The van der Waals surface area contributed by atoms with Crippen molar-refractivity contribution in [3.8, 4) is 0 Å². The highest BCUT2D eigenvalue weighted by molar-refractivity contribution is 5.69. The summed E-state index contributed by atoms with van der Waals surface area (Å²) in [5, 5.41) is 3.39. The molecule has 0 bridgehead atoms. The van der Waals surface area contributed by atoms with Crippen molar-refractivity contribution >= 4 is 17.1 Å². The molecule has 1 aliphatic rings. The van der Waals surface area contributed by atoms with E-state index in [0.29, 0.717) is 17.9 Å². The zero-order chi connectivity index (χ0) is 13.5. The Balaban J connectivity index is 1.49. The van der Waals surface area contributed by atoms with Gasteiger partial charge < -0.3 is 10.3 Å². The molecule has 0 aliphatic heterocycles. The topological polar surface area (TPSA) is 66.5 Å². The van der Waals surface area contributed by atoms with Crippen LogP contribution in [0.2, 0.25) is 0 Å². The maximum Gasteiger partial charge on any atom is 0.224 e. The number of aromatic amines is 1. The summed E-state index contributed by atoms with van der Waals surface area (Å²) in [6, 6.07) is 9.18. The van der Waals surface area contributed by atoms with Crippen LogP contribution in [-0.2, 0) is 0 Å². The molecule has 1 aromatic carbocycles. The van der Waals surface area contributed by atoms with Crippen LogP contribution < -0.4 is 5.32 Å². The molecule has 4 rings (SSSR count). The van der Waals surface area contributed by atoms with Gasteiger partial charge in [0.15, 0.2) is 5.65 Å². The number of hydrogen-bond acceptors (Lipinski definition) is 4. The molecule has 1 fully saturated rings. The number of aryl methyl sites for hydroxylation is 1. The molecule has 0 saturated heterocycles.